The van der Waals surface area contributed by atoms with Crippen LogP contribution in [0.2, 0.25) is 0 Å². The number of ether oxygens (including phenoxy) is 1. The molecule has 0 spiro atoms. The van der Waals surface area contributed by atoms with Gasteiger partial charge in [0, 0.05) is 12.3 Å². The molecule has 0 bridgehead atoms. The molecule has 0 radical (unpaired) electrons. The summed E-state index contributed by atoms with van der Waals surface area (Å²) in [4.78, 5) is 11.1. The monoisotopic (exact) mass is 310 g/mol. The third-order valence-corrected chi connectivity index (χ3v) is 4.80. The van der Waals surface area contributed by atoms with Gasteiger partial charge in [-0.1, -0.05) is 43.5 Å². The third kappa shape index (κ3) is 3.24. The van der Waals surface area contributed by atoms with Crippen LogP contribution in [-0.2, 0) is 10.2 Å². The molecule has 120 valence electrons. The van der Waals surface area contributed by atoms with Crippen LogP contribution in [-0.4, -0.2) is 11.1 Å². The van der Waals surface area contributed by atoms with E-state index in [0.29, 0.717) is 11.5 Å². The minimum atomic E-state index is -0.302. The Balaban J connectivity index is 1.98. The molecule has 0 amide bonds. The van der Waals surface area contributed by atoms with Crippen molar-refractivity contribution in [3.8, 4) is 11.5 Å². The highest BCUT2D eigenvalue weighted by atomic mass is 16.5. The number of hydrogen-bond donors (Lipinski definition) is 1. The lowest BCUT2D eigenvalue weighted by molar-refractivity contribution is -0.131. The van der Waals surface area contributed by atoms with Gasteiger partial charge >= 0.3 is 5.97 Å². The van der Waals surface area contributed by atoms with Gasteiger partial charge in [-0.05, 0) is 48.2 Å². The second kappa shape index (κ2) is 6.45. The molecule has 1 aliphatic rings. The van der Waals surface area contributed by atoms with Crippen molar-refractivity contribution in [2.24, 2.45) is 0 Å². The van der Waals surface area contributed by atoms with Gasteiger partial charge in [-0.3, -0.25) is 4.79 Å². The number of rotatable bonds is 3. The Labute approximate surface area is 136 Å². The third-order valence-electron chi connectivity index (χ3n) is 4.80. The van der Waals surface area contributed by atoms with Crippen LogP contribution in [0.4, 0.5) is 0 Å². The van der Waals surface area contributed by atoms with E-state index < -0.39 is 0 Å². The Morgan fingerprint density at radius 2 is 1.43 bits per heavy atom. The van der Waals surface area contributed by atoms with Crippen LogP contribution in [0.3, 0.4) is 0 Å². The number of esters is 1. The summed E-state index contributed by atoms with van der Waals surface area (Å²) >= 11 is 0. The molecule has 3 nitrogen and oxygen atoms in total. The van der Waals surface area contributed by atoms with Crippen molar-refractivity contribution in [3.63, 3.8) is 0 Å². The highest BCUT2D eigenvalue weighted by molar-refractivity contribution is 5.69. The second-order valence-electron chi connectivity index (χ2n) is 6.31. The number of benzene rings is 2. The Kier molecular flexibility index (Phi) is 4.37. The summed E-state index contributed by atoms with van der Waals surface area (Å²) in [6, 6.07) is 15.5. The highest BCUT2D eigenvalue weighted by Crippen LogP contribution is 2.45. The average molecular weight is 310 g/mol. The largest absolute Gasteiger partial charge is 0.508 e. The Morgan fingerprint density at radius 1 is 0.913 bits per heavy atom. The minimum absolute atomic E-state index is 0.0132. The molecule has 0 unspecified atom stereocenters. The maximum Gasteiger partial charge on any atom is 0.308 e. The lowest BCUT2D eigenvalue weighted by Gasteiger charge is -2.38. The molecule has 2 aromatic carbocycles. The second-order valence-corrected chi connectivity index (χ2v) is 6.31. The van der Waals surface area contributed by atoms with E-state index in [2.05, 4.69) is 12.1 Å². The van der Waals surface area contributed by atoms with Crippen LogP contribution in [0, 0.1) is 0 Å². The molecule has 1 aliphatic carbocycles. The van der Waals surface area contributed by atoms with E-state index in [-0.39, 0.29) is 11.4 Å². The van der Waals surface area contributed by atoms with Crippen molar-refractivity contribution in [2.45, 2.75) is 44.4 Å². The number of hydrogen-bond acceptors (Lipinski definition) is 3. The number of phenolic OH excluding ortho intramolecular Hbond substituents is 1. The lowest BCUT2D eigenvalue weighted by Crippen LogP contribution is -2.30. The van der Waals surface area contributed by atoms with Gasteiger partial charge in [0.05, 0.1) is 0 Å². The van der Waals surface area contributed by atoms with Crippen LogP contribution >= 0.6 is 0 Å². The molecule has 0 saturated heterocycles. The van der Waals surface area contributed by atoms with Gasteiger partial charge < -0.3 is 9.84 Å². The molecule has 0 aromatic heterocycles. The zero-order valence-electron chi connectivity index (χ0n) is 13.4. The Hall–Kier alpha value is -2.29. The van der Waals surface area contributed by atoms with Gasteiger partial charge in [0.15, 0.2) is 0 Å². The fourth-order valence-corrected chi connectivity index (χ4v) is 3.69. The predicted octanol–water partition coefficient (Wildman–Crippen LogP) is 4.57. The summed E-state index contributed by atoms with van der Waals surface area (Å²) < 4.78 is 5.14. The molecular formula is C20H22O3. The molecule has 0 aliphatic heterocycles. The predicted molar refractivity (Wildman–Crippen MR) is 89.7 cm³/mol. The summed E-state index contributed by atoms with van der Waals surface area (Å²) in [6.45, 7) is 1.41. The maximum absolute atomic E-state index is 11.1. The zero-order chi connectivity index (χ0) is 16.3. The maximum atomic E-state index is 11.1. The Morgan fingerprint density at radius 3 is 1.96 bits per heavy atom. The first-order valence-electron chi connectivity index (χ1n) is 8.19. The van der Waals surface area contributed by atoms with E-state index in [1.165, 1.54) is 37.3 Å². The molecule has 1 fully saturated rings. The van der Waals surface area contributed by atoms with E-state index in [1.807, 2.05) is 24.3 Å². The van der Waals surface area contributed by atoms with Crippen molar-refractivity contribution >= 4 is 5.97 Å². The van der Waals surface area contributed by atoms with Crippen molar-refractivity contribution < 1.29 is 14.6 Å². The first-order chi connectivity index (χ1) is 11.1. The van der Waals surface area contributed by atoms with Crippen molar-refractivity contribution in [3.05, 3.63) is 59.7 Å². The van der Waals surface area contributed by atoms with Crippen molar-refractivity contribution in [1.29, 1.82) is 0 Å². The molecular weight excluding hydrogens is 288 g/mol. The van der Waals surface area contributed by atoms with Crippen LogP contribution in [0.1, 0.15) is 50.2 Å². The van der Waals surface area contributed by atoms with Gasteiger partial charge in [0.25, 0.3) is 0 Å². The lowest BCUT2D eigenvalue weighted by atomic mass is 9.65. The zero-order valence-corrected chi connectivity index (χ0v) is 13.4. The fourth-order valence-electron chi connectivity index (χ4n) is 3.69. The molecule has 23 heavy (non-hydrogen) atoms. The fraction of sp³-hybridized carbons (Fsp3) is 0.350. The van der Waals surface area contributed by atoms with Crippen LogP contribution in [0.5, 0.6) is 11.5 Å². The molecule has 3 rings (SSSR count). The number of phenols is 1. The molecule has 0 heterocycles. The smallest absolute Gasteiger partial charge is 0.308 e. The quantitative estimate of drug-likeness (QED) is 0.667. The summed E-state index contributed by atoms with van der Waals surface area (Å²) in [5.41, 5.74) is 2.48. The van der Waals surface area contributed by atoms with E-state index in [4.69, 9.17) is 4.74 Å². The molecule has 3 heteroatoms. The summed E-state index contributed by atoms with van der Waals surface area (Å²) in [6.07, 6.45) is 5.87. The molecule has 1 saturated carbocycles. The van der Waals surface area contributed by atoms with Gasteiger partial charge in [-0.25, -0.2) is 0 Å². The van der Waals surface area contributed by atoms with Crippen molar-refractivity contribution in [2.75, 3.05) is 0 Å². The minimum Gasteiger partial charge on any atom is -0.508 e. The summed E-state index contributed by atoms with van der Waals surface area (Å²) in [5, 5.41) is 9.58. The Bertz CT molecular complexity index is 665. The van der Waals surface area contributed by atoms with Crippen LogP contribution in [0.25, 0.3) is 0 Å². The normalized spacial score (nSPS) is 16.7. The van der Waals surface area contributed by atoms with Gasteiger partial charge in [0.2, 0.25) is 0 Å². The van der Waals surface area contributed by atoms with Crippen LogP contribution in [0.15, 0.2) is 48.5 Å². The van der Waals surface area contributed by atoms with E-state index >= 15 is 0 Å². The SMILES string of the molecule is CC(=O)Oc1ccc(C2(c3ccc(O)cc3)CCCCC2)cc1. The number of aromatic hydroxyl groups is 1. The first-order valence-corrected chi connectivity index (χ1v) is 8.19. The molecule has 1 N–H and O–H groups in total. The van der Waals surface area contributed by atoms with E-state index in [0.717, 1.165) is 12.8 Å². The van der Waals surface area contributed by atoms with Gasteiger partial charge in [0.1, 0.15) is 11.5 Å². The number of carbonyl (C=O) groups excluding carboxylic acids is 1. The topological polar surface area (TPSA) is 46.5 Å². The summed E-state index contributed by atoms with van der Waals surface area (Å²) in [5.74, 6) is 0.575. The van der Waals surface area contributed by atoms with Crippen molar-refractivity contribution in [1.82, 2.24) is 0 Å². The number of carbonyl (C=O) groups is 1. The average Bonchev–Trinajstić information content (AvgIpc) is 2.56. The standard InChI is InChI=1S/C20H22O3/c1-15(21)23-19-11-7-17(8-12-19)20(13-3-2-4-14-20)16-5-9-18(22)10-6-16/h5-12,22H,2-4,13-14H2,1H3. The van der Waals surface area contributed by atoms with Gasteiger partial charge in [-0.2, -0.15) is 0 Å². The first kappa shape index (κ1) is 15.6. The summed E-state index contributed by atoms with van der Waals surface area (Å²) in [7, 11) is 0. The van der Waals surface area contributed by atoms with Crippen LogP contribution < -0.4 is 4.74 Å². The molecule has 2 aromatic rings. The van der Waals surface area contributed by atoms with E-state index in [1.54, 1.807) is 12.1 Å². The van der Waals surface area contributed by atoms with E-state index in [9.17, 15) is 9.90 Å². The molecule has 0 atom stereocenters. The van der Waals surface area contributed by atoms with Gasteiger partial charge in [-0.15, -0.1) is 0 Å². The highest BCUT2D eigenvalue weighted by Gasteiger charge is 2.35.